The molecule has 1 aromatic heterocycles. The fourth-order valence-electron chi connectivity index (χ4n) is 4.43. The molecule has 1 saturated heterocycles. The maximum Gasteiger partial charge on any atom is 0.173 e. The summed E-state index contributed by atoms with van der Waals surface area (Å²) in [6.07, 6.45) is 0. The molecular formula is C25H35N7O. The van der Waals surface area contributed by atoms with Crippen molar-refractivity contribution in [2.45, 2.75) is 32.4 Å². The quantitative estimate of drug-likeness (QED) is 0.571. The number of hydrogen-bond donors (Lipinski definition) is 0. The molecule has 176 valence electrons. The van der Waals surface area contributed by atoms with Gasteiger partial charge in [-0.3, -0.25) is 4.90 Å². The molecule has 2 heterocycles. The molecule has 1 fully saturated rings. The van der Waals surface area contributed by atoms with Crippen LogP contribution in [0.5, 0.6) is 5.75 Å². The summed E-state index contributed by atoms with van der Waals surface area (Å²) in [5.74, 6) is 1.80. The summed E-state index contributed by atoms with van der Waals surface area (Å²) >= 11 is 0. The maximum atomic E-state index is 5.60. The summed E-state index contributed by atoms with van der Waals surface area (Å²) in [7, 11) is 5.85. The molecule has 4 rings (SSSR count). The molecule has 0 radical (unpaired) electrons. The number of benzene rings is 2. The Kier molecular flexibility index (Phi) is 6.56. The standard InChI is InChI=1S/C25H35N7O/c1-25(2,3)32-24(26-27-28-32)23(19-11-13-20(14-12-19)29(4)5)31-17-15-30(16-18-31)21-9-7-8-10-22(21)33-6/h7-14,23H,15-18H2,1-6H3. The summed E-state index contributed by atoms with van der Waals surface area (Å²) in [6, 6.07) is 16.9. The van der Waals surface area contributed by atoms with Crippen LogP contribution in [0.1, 0.15) is 38.2 Å². The van der Waals surface area contributed by atoms with E-state index in [4.69, 9.17) is 4.74 Å². The summed E-state index contributed by atoms with van der Waals surface area (Å²) < 4.78 is 7.56. The molecule has 0 saturated carbocycles. The third-order valence-electron chi connectivity index (χ3n) is 6.20. The van der Waals surface area contributed by atoms with Crippen LogP contribution >= 0.6 is 0 Å². The van der Waals surface area contributed by atoms with Crippen LogP contribution in [0.15, 0.2) is 48.5 Å². The first-order valence-corrected chi connectivity index (χ1v) is 11.5. The zero-order valence-electron chi connectivity index (χ0n) is 20.6. The number of rotatable bonds is 6. The molecule has 0 aliphatic carbocycles. The molecular weight excluding hydrogens is 414 g/mol. The second-order valence-corrected chi connectivity index (χ2v) is 9.70. The highest BCUT2D eigenvalue weighted by Gasteiger charge is 2.33. The third kappa shape index (κ3) is 4.80. The van der Waals surface area contributed by atoms with Crippen LogP contribution in [0, 0.1) is 0 Å². The lowest BCUT2D eigenvalue weighted by Gasteiger charge is -2.40. The van der Waals surface area contributed by atoms with Gasteiger partial charge in [-0.15, -0.1) is 5.10 Å². The van der Waals surface area contributed by atoms with Gasteiger partial charge in [0.1, 0.15) is 5.75 Å². The van der Waals surface area contributed by atoms with Crippen molar-refractivity contribution >= 4 is 11.4 Å². The molecule has 0 amide bonds. The van der Waals surface area contributed by atoms with Crippen LogP contribution in [0.3, 0.4) is 0 Å². The average molecular weight is 450 g/mol. The molecule has 1 aliphatic heterocycles. The SMILES string of the molecule is COc1ccccc1N1CCN(C(c2ccc(N(C)C)cc2)c2nnnn2C(C)(C)C)CC1. The van der Waals surface area contributed by atoms with E-state index in [1.165, 1.54) is 11.3 Å². The largest absolute Gasteiger partial charge is 0.495 e. The fourth-order valence-corrected chi connectivity index (χ4v) is 4.43. The Morgan fingerprint density at radius 3 is 2.21 bits per heavy atom. The smallest absolute Gasteiger partial charge is 0.173 e. The minimum absolute atomic E-state index is 0.0183. The lowest BCUT2D eigenvalue weighted by atomic mass is 10.0. The predicted octanol–water partition coefficient (Wildman–Crippen LogP) is 3.41. The van der Waals surface area contributed by atoms with E-state index < -0.39 is 0 Å². The molecule has 1 aliphatic rings. The van der Waals surface area contributed by atoms with Crippen LogP contribution in [0.2, 0.25) is 0 Å². The molecule has 33 heavy (non-hydrogen) atoms. The monoisotopic (exact) mass is 449 g/mol. The van der Waals surface area contributed by atoms with Crippen LogP contribution in [-0.2, 0) is 5.54 Å². The highest BCUT2D eigenvalue weighted by Crippen LogP contribution is 2.34. The number of hydrogen-bond acceptors (Lipinski definition) is 7. The Morgan fingerprint density at radius 2 is 1.61 bits per heavy atom. The normalized spacial score (nSPS) is 16.0. The number of tetrazole rings is 1. The first-order chi connectivity index (χ1) is 15.8. The van der Waals surface area contributed by atoms with E-state index in [9.17, 15) is 0 Å². The van der Waals surface area contributed by atoms with Gasteiger partial charge in [-0.2, -0.15) is 0 Å². The molecule has 8 nitrogen and oxygen atoms in total. The summed E-state index contributed by atoms with van der Waals surface area (Å²) in [6.45, 7) is 10.0. The molecule has 1 atom stereocenters. The Bertz CT molecular complexity index is 1050. The Morgan fingerprint density at radius 1 is 0.939 bits per heavy atom. The Hall–Kier alpha value is -3.13. The van der Waals surface area contributed by atoms with Crippen molar-refractivity contribution in [2.24, 2.45) is 0 Å². The van der Waals surface area contributed by atoms with Crippen molar-refractivity contribution in [3.05, 3.63) is 59.9 Å². The van der Waals surface area contributed by atoms with Crippen LogP contribution in [0.25, 0.3) is 0 Å². The molecule has 0 spiro atoms. The van der Waals surface area contributed by atoms with E-state index in [1.54, 1.807) is 7.11 Å². The lowest BCUT2D eigenvalue weighted by molar-refractivity contribution is 0.191. The van der Waals surface area contributed by atoms with Crippen LogP contribution in [0.4, 0.5) is 11.4 Å². The van der Waals surface area contributed by atoms with Crippen molar-refractivity contribution < 1.29 is 4.74 Å². The fraction of sp³-hybridized carbons (Fsp3) is 0.480. The van der Waals surface area contributed by atoms with E-state index in [0.717, 1.165) is 43.4 Å². The number of ether oxygens (including phenoxy) is 1. The van der Waals surface area contributed by atoms with Gasteiger partial charge in [0, 0.05) is 46.0 Å². The van der Waals surface area contributed by atoms with Gasteiger partial charge in [-0.1, -0.05) is 24.3 Å². The van der Waals surface area contributed by atoms with E-state index >= 15 is 0 Å². The van der Waals surface area contributed by atoms with Crippen molar-refractivity contribution in [1.82, 2.24) is 25.1 Å². The average Bonchev–Trinajstić information content (AvgIpc) is 3.30. The molecule has 8 heteroatoms. The summed E-state index contributed by atoms with van der Waals surface area (Å²) in [4.78, 5) is 7.00. The number of para-hydroxylation sites is 2. The van der Waals surface area contributed by atoms with Crippen molar-refractivity contribution in [2.75, 3.05) is 57.2 Å². The van der Waals surface area contributed by atoms with Crippen molar-refractivity contribution in [3.8, 4) is 5.75 Å². The van der Waals surface area contributed by atoms with Gasteiger partial charge >= 0.3 is 0 Å². The van der Waals surface area contributed by atoms with Crippen molar-refractivity contribution in [1.29, 1.82) is 0 Å². The van der Waals surface area contributed by atoms with Gasteiger partial charge in [-0.05, 0) is 61.0 Å². The molecule has 2 aromatic carbocycles. The van der Waals surface area contributed by atoms with Gasteiger partial charge < -0.3 is 14.5 Å². The van der Waals surface area contributed by atoms with Gasteiger partial charge in [0.2, 0.25) is 0 Å². The van der Waals surface area contributed by atoms with E-state index in [-0.39, 0.29) is 11.6 Å². The van der Waals surface area contributed by atoms with Crippen LogP contribution < -0.4 is 14.5 Å². The van der Waals surface area contributed by atoms with Gasteiger partial charge in [-0.25, -0.2) is 4.68 Å². The Labute approximate surface area is 196 Å². The van der Waals surface area contributed by atoms with Crippen LogP contribution in [-0.4, -0.2) is 72.5 Å². The van der Waals surface area contributed by atoms with Gasteiger partial charge in [0.05, 0.1) is 24.4 Å². The van der Waals surface area contributed by atoms with Gasteiger partial charge in [0.25, 0.3) is 0 Å². The molecule has 0 N–H and O–H groups in total. The first kappa shape index (κ1) is 23.0. The minimum atomic E-state index is -0.208. The topological polar surface area (TPSA) is 62.6 Å². The Balaban J connectivity index is 1.64. The molecule has 0 bridgehead atoms. The zero-order chi connectivity index (χ0) is 23.6. The molecule has 3 aromatic rings. The second-order valence-electron chi connectivity index (χ2n) is 9.70. The number of aromatic nitrogens is 4. The van der Waals surface area contributed by atoms with E-state index in [0.29, 0.717) is 0 Å². The number of anilines is 2. The van der Waals surface area contributed by atoms with E-state index in [2.05, 4.69) is 101 Å². The number of nitrogens with zero attached hydrogens (tertiary/aromatic N) is 7. The zero-order valence-corrected chi connectivity index (χ0v) is 20.6. The first-order valence-electron chi connectivity index (χ1n) is 11.5. The number of methoxy groups -OCH3 is 1. The second kappa shape index (κ2) is 9.39. The third-order valence-corrected chi connectivity index (χ3v) is 6.20. The van der Waals surface area contributed by atoms with Crippen molar-refractivity contribution in [3.63, 3.8) is 0 Å². The maximum absolute atomic E-state index is 5.60. The minimum Gasteiger partial charge on any atom is -0.495 e. The predicted molar refractivity (Wildman–Crippen MR) is 132 cm³/mol. The van der Waals surface area contributed by atoms with Gasteiger partial charge in [0.15, 0.2) is 5.82 Å². The number of piperazine rings is 1. The molecule has 1 unspecified atom stereocenters. The highest BCUT2D eigenvalue weighted by molar-refractivity contribution is 5.58. The lowest BCUT2D eigenvalue weighted by Crippen LogP contribution is -2.48. The highest BCUT2D eigenvalue weighted by atomic mass is 16.5. The summed E-state index contributed by atoms with van der Waals surface area (Å²) in [5, 5.41) is 12.9. The van der Waals surface area contributed by atoms with E-state index in [1.807, 2.05) is 16.8 Å². The summed E-state index contributed by atoms with van der Waals surface area (Å²) in [5.41, 5.74) is 3.31.